The van der Waals surface area contributed by atoms with Gasteiger partial charge in [-0.2, -0.15) is 0 Å². The molecule has 2 aliphatic rings. The lowest BCUT2D eigenvalue weighted by atomic mass is 9.80. The molecule has 1 aromatic carbocycles. The summed E-state index contributed by atoms with van der Waals surface area (Å²) in [5, 5.41) is 5.67. The molecule has 0 unspecified atom stereocenters. The van der Waals surface area contributed by atoms with Gasteiger partial charge in [0.1, 0.15) is 5.75 Å². The van der Waals surface area contributed by atoms with E-state index < -0.39 is 6.09 Å². The molecule has 0 radical (unpaired) electrons. The van der Waals surface area contributed by atoms with E-state index in [1.54, 1.807) is 7.05 Å². The molecule has 1 heterocycles. The SMILES string of the molecule is C1=CC=CCC=C1.CNCCC[C@@]1(C)CN(C)c2ccc(OC(=O)NC)cc21. The fourth-order valence-corrected chi connectivity index (χ4v) is 3.64. The van der Waals surface area contributed by atoms with Crippen LogP contribution >= 0.6 is 0 Å². The fourth-order valence-electron chi connectivity index (χ4n) is 3.64. The number of nitrogens with zero attached hydrogens (tertiary/aromatic N) is 1. The Morgan fingerprint density at radius 3 is 2.54 bits per heavy atom. The van der Waals surface area contributed by atoms with Gasteiger partial charge in [0.25, 0.3) is 0 Å². The lowest BCUT2D eigenvalue weighted by Crippen LogP contribution is -2.29. The molecule has 0 saturated heterocycles. The van der Waals surface area contributed by atoms with E-state index in [2.05, 4.69) is 53.8 Å². The molecule has 1 atom stereocenters. The Morgan fingerprint density at radius 2 is 1.89 bits per heavy atom. The van der Waals surface area contributed by atoms with Crippen molar-refractivity contribution < 1.29 is 9.53 Å². The van der Waals surface area contributed by atoms with Crippen molar-refractivity contribution in [3.8, 4) is 5.75 Å². The number of rotatable bonds is 5. The van der Waals surface area contributed by atoms with Crippen molar-refractivity contribution >= 4 is 11.8 Å². The number of benzene rings is 1. The van der Waals surface area contributed by atoms with E-state index in [0.29, 0.717) is 5.75 Å². The molecular formula is C23H33N3O2. The molecule has 0 aromatic heterocycles. The summed E-state index contributed by atoms with van der Waals surface area (Å²) in [6.45, 7) is 4.30. The lowest BCUT2D eigenvalue weighted by molar-refractivity contribution is 0.203. The van der Waals surface area contributed by atoms with Crippen LogP contribution in [0.1, 0.15) is 31.7 Å². The third kappa shape index (κ3) is 5.99. The second-order valence-corrected chi connectivity index (χ2v) is 7.42. The van der Waals surface area contributed by atoms with Crippen LogP contribution in [-0.4, -0.2) is 40.3 Å². The summed E-state index contributed by atoms with van der Waals surface area (Å²) in [6.07, 6.45) is 15.3. The molecule has 152 valence electrons. The molecule has 1 aliphatic heterocycles. The van der Waals surface area contributed by atoms with E-state index in [-0.39, 0.29) is 5.41 Å². The highest BCUT2D eigenvalue weighted by Crippen LogP contribution is 2.44. The van der Waals surface area contributed by atoms with Gasteiger partial charge in [-0.15, -0.1) is 0 Å². The van der Waals surface area contributed by atoms with Gasteiger partial charge >= 0.3 is 6.09 Å². The number of anilines is 1. The van der Waals surface area contributed by atoms with E-state index in [1.807, 2.05) is 37.4 Å². The first-order valence-electron chi connectivity index (χ1n) is 9.88. The number of nitrogens with one attached hydrogen (secondary N) is 2. The minimum atomic E-state index is -0.432. The van der Waals surface area contributed by atoms with Crippen LogP contribution in [0.4, 0.5) is 10.5 Å². The van der Waals surface area contributed by atoms with Gasteiger partial charge in [0.2, 0.25) is 0 Å². The van der Waals surface area contributed by atoms with E-state index in [9.17, 15) is 4.79 Å². The second-order valence-electron chi connectivity index (χ2n) is 7.42. The molecule has 1 aliphatic carbocycles. The number of carbonyl (C=O) groups excluding carboxylic acids is 1. The minimum Gasteiger partial charge on any atom is -0.410 e. The Labute approximate surface area is 169 Å². The average Bonchev–Trinajstić information content (AvgIpc) is 2.90. The first-order chi connectivity index (χ1) is 13.5. The van der Waals surface area contributed by atoms with Crippen LogP contribution in [0.15, 0.2) is 54.7 Å². The Hall–Kier alpha value is -2.53. The summed E-state index contributed by atoms with van der Waals surface area (Å²) < 4.78 is 5.26. The smallest absolute Gasteiger partial charge is 0.410 e. The zero-order valence-electron chi connectivity index (χ0n) is 17.5. The summed E-state index contributed by atoms with van der Waals surface area (Å²) in [7, 11) is 5.65. The number of hydrogen-bond acceptors (Lipinski definition) is 4. The van der Waals surface area contributed by atoms with Crippen molar-refractivity contribution in [3.63, 3.8) is 0 Å². The first-order valence-corrected chi connectivity index (χ1v) is 9.88. The first kappa shape index (κ1) is 21.8. The summed E-state index contributed by atoms with van der Waals surface area (Å²) in [5.74, 6) is 0.600. The fraction of sp³-hybridized carbons (Fsp3) is 0.435. The van der Waals surface area contributed by atoms with Gasteiger partial charge in [-0.1, -0.05) is 43.4 Å². The summed E-state index contributed by atoms with van der Waals surface area (Å²) in [4.78, 5) is 13.6. The Balaban J connectivity index is 0.000000336. The number of likely N-dealkylation sites (N-methyl/N-ethyl adjacent to an activating group) is 1. The summed E-state index contributed by atoms with van der Waals surface area (Å²) >= 11 is 0. The molecule has 1 aromatic rings. The van der Waals surface area contributed by atoms with Crippen LogP contribution < -0.4 is 20.3 Å². The Kier molecular flexibility index (Phi) is 8.33. The van der Waals surface area contributed by atoms with Crippen molar-refractivity contribution in [2.24, 2.45) is 0 Å². The largest absolute Gasteiger partial charge is 0.412 e. The van der Waals surface area contributed by atoms with Gasteiger partial charge in [0.15, 0.2) is 0 Å². The van der Waals surface area contributed by atoms with Crippen LogP contribution in [-0.2, 0) is 5.41 Å². The topological polar surface area (TPSA) is 53.6 Å². The quantitative estimate of drug-likeness (QED) is 0.750. The van der Waals surface area contributed by atoms with Crippen molar-refractivity contribution in [1.29, 1.82) is 0 Å². The molecule has 5 heteroatoms. The minimum absolute atomic E-state index is 0.100. The zero-order chi connectivity index (χ0) is 20.4. The van der Waals surface area contributed by atoms with Crippen LogP contribution in [0.5, 0.6) is 5.75 Å². The molecule has 3 rings (SSSR count). The highest BCUT2D eigenvalue weighted by Gasteiger charge is 2.37. The van der Waals surface area contributed by atoms with Crippen molar-refractivity contribution in [3.05, 3.63) is 60.2 Å². The van der Waals surface area contributed by atoms with Crippen LogP contribution in [0.25, 0.3) is 0 Å². The number of fused-ring (bicyclic) bond motifs is 1. The molecule has 28 heavy (non-hydrogen) atoms. The van der Waals surface area contributed by atoms with Crippen LogP contribution in [0.3, 0.4) is 0 Å². The number of ether oxygens (including phenoxy) is 1. The average molecular weight is 384 g/mol. The molecule has 0 saturated carbocycles. The van der Waals surface area contributed by atoms with Gasteiger partial charge in [0, 0.05) is 31.7 Å². The van der Waals surface area contributed by atoms with E-state index in [4.69, 9.17) is 4.74 Å². The van der Waals surface area contributed by atoms with Crippen LogP contribution in [0, 0.1) is 0 Å². The third-order valence-electron chi connectivity index (χ3n) is 5.06. The highest BCUT2D eigenvalue weighted by molar-refractivity contribution is 5.71. The molecule has 2 N–H and O–H groups in total. The van der Waals surface area contributed by atoms with Gasteiger partial charge in [-0.3, -0.25) is 0 Å². The normalized spacial score (nSPS) is 19.5. The Bertz CT molecular complexity index is 725. The number of amides is 1. The standard InChI is InChI=1S/C16H25N3O2.C7H8/c1-16(8-5-9-17-2)11-19(4)14-7-6-12(10-13(14)16)21-15(20)18-3;1-2-4-6-7-5-3-1/h6-7,10,17H,5,8-9,11H2,1-4H3,(H,18,20);1-6H,7H2/t16-;/m0./s1. The molecule has 1 amide bonds. The van der Waals surface area contributed by atoms with Crippen LogP contribution in [0.2, 0.25) is 0 Å². The summed E-state index contributed by atoms with van der Waals surface area (Å²) in [6, 6.07) is 5.90. The second kappa shape index (κ2) is 10.7. The molecular weight excluding hydrogens is 350 g/mol. The Morgan fingerprint density at radius 1 is 1.18 bits per heavy atom. The molecule has 0 spiro atoms. The number of carbonyl (C=O) groups is 1. The third-order valence-corrected chi connectivity index (χ3v) is 5.06. The van der Waals surface area contributed by atoms with Gasteiger partial charge in [-0.05, 0) is 56.6 Å². The van der Waals surface area contributed by atoms with E-state index >= 15 is 0 Å². The predicted molar refractivity (Wildman–Crippen MR) is 117 cm³/mol. The number of allylic oxidation sites excluding steroid dienone is 6. The van der Waals surface area contributed by atoms with Gasteiger partial charge < -0.3 is 20.3 Å². The lowest BCUT2D eigenvalue weighted by Gasteiger charge is -2.25. The maximum Gasteiger partial charge on any atom is 0.412 e. The highest BCUT2D eigenvalue weighted by atomic mass is 16.5. The van der Waals surface area contributed by atoms with Crippen molar-refractivity contribution in [2.45, 2.75) is 31.6 Å². The zero-order valence-corrected chi connectivity index (χ0v) is 17.5. The van der Waals surface area contributed by atoms with Crippen molar-refractivity contribution in [1.82, 2.24) is 10.6 Å². The monoisotopic (exact) mass is 383 g/mol. The number of hydrogen-bond donors (Lipinski definition) is 2. The van der Waals surface area contributed by atoms with Gasteiger partial charge in [-0.25, -0.2) is 4.79 Å². The van der Waals surface area contributed by atoms with Gasteiger partial charge in [0.05, 0.1) is 0 Å². The maximum absolute atomic E-state index is 11.4. The summed E-state index contributed by atoms with van der Waals surface area (Å²) in [5.41, 5.74) is 2.59. The van der Waals surface area contributed by atoms with E-state index in [1.165, 1.54) is 11.3 Å². The maximum atomic E-state index is 11.4. The van der Waals surface area contributed by atoms with Crippen molar-refractivity contribution in [2.75, 3.05) is 39.1 Å². The van der Waals surface area contributed by atoms with E-state index in [0.717, 1.165) is 32.4 Å². The predicted octanol–water partition coefficient (Wildman–Crippen LogP) is 4.17. The molecule has 5 nitrogen and oxygen atoms in total. The molecule has 0 bridgehead atoms. The molecule has 0 fully saturated rings.